The highest BCUT2D eigenvalue weighted by Crippen LogP contribution is 2.23. The number of benzene rings is 1. The molecule has 3 N–H and O–H groups in total. The first-order chi connectivity index (χ1) is 9.26. The summed E-state index contributed by atoms with van der Waals surface area (Å²) in [6.45, 7) is 4.27. The molecule has 0 amide bonds. The van der Waals surface area contributed by atoms with Crippen molar-refractivity contribution in [1.29, 1.82) is 0 Å². The number of pyridine rings is 1. The first kappa shape index (κ1) is 13.7. The van der Waals surface area contributed by atoms with Gasteiger partial charge in [-0.3, -0.25) is 10.8 Å². The molecule has 2 aromatic rings. The Labute approximate surface area is 114 Å². The highest BCUT2D eigenvalue weighted by atomic mass is 15.2. The number of nitrogens with one attached hydrogen (secondary N) is 1. The molecular weight excluding hydrogens is 234 g/mol. The fourth-order valence-electron chi connectivity index (χ4n) is 2.31. The monoisotopic (exact) mass is 255 g/mol. The maximum absolute atomic E-state index is 5.72. The molecule has 0 saturated heterocycles. The van der Waals surface area contributed by atoms with E-state index in [1.165, 1.54) is 23.1 Å². The van der Waals surface area contributed by atoms with Gasteiger partial charge in [0.2, 0.25) is 0 Å². The number of rotatable bonds is 5. The van der Waals surface area contributed by atoms with Crippen LogP contribution in [0.4, 0.5) is 0 Å². The number of aryl methyl sites for hydroxylation is 2. The molecule has 2 rings (SSSR count). The predicted octanol–water partition coefficient (Wildman–Crippen LogP) is 2.90. The van der Waals surface area contributed by atoms with E-state index in [9.17, 15) is 0 Å². The Bertz CT molecular complexity index is 520. The van der Waals surface area contributed by atoms with Crippen LogP contribution in [-0.4, -0.2) is 4.98 Å². The topological polar surface area (TPSA) is 50.9 Å². The van der Waals surface area contributed by atoms with E-state index in [4.69, 9.17) is 5.84 Å². The van der Waals surface area contributed by atoms with Crippen molar-refractivity contribution in [1.82, 2.24) is 10.4 Å². The van der Waals surface area contributed by atoms with Gasteiger partial charge in [0.25, 0.3) is 0 Å². The van der Waals surface area contributed by atoms with Crippen LogP contribution in [0.15, 0.2) is 42.7 Å². The van der Waals surface area contributed by atoms with Crippen molar-refractivity contribution in [3.63, 3.8) is 0 Å². The number of nitrogens with zero attached hydrogens (tertiary/aromatic N) is 1. The second-order valence-corrected chi connectivity index (χ2v) is 4.82. The lowest BCUT2D eigenvalue weighted by molar-refractivity contribution is 0.631. The Morgan fingerprint density at radius 1 is 1.21 bits per heavy atom. The number of nitrogens with two attached hydrogens (primary N) is 1. The van der Waals surface area contributed by atoms with Crippen molar-refractivity contribution in [3.05, 3.63) is 65.0 Å². The van der Waals surface area contributed by atoms with E-state index in [2.05, 4.69) is 48.5 Å². The first-order valence-corrected chi connectivity index (χ1v) is 6.71. The number of hydrogen-bond acceptors (Lipinski definition) is 3. The Kier molecular flexibility index (Phi) is 4.66. The number of aromatic nitrogens is 1. The molecule has 1 heterocycles. The standard InChI is InChI=1S/C16H21N3/c1-3-4-13-5-7-14(8-6-13)16(19-17)15-11-18-10-9-12(15)2/h5-11,16,19H,3-4,17H2,1-2H3. The van der Waals surface area contributed by atoms with Gasteiger partial charge in [-0.2, -0.15) is 0 Å². The molecule has 1 atom stereocenters. The van der Waals surface area contributed by atoms with Crippen LogP contribution < -0.4 is 11.3 Å². The highest BCUT2D eigenvalue weighted by molar-refractivity contribution is 5.36. The van der Waals surface area contributed by atoms with Gasteiger partial charge in [0.15, 0.2) is 0 Å². The summed E-state index contributed by atoms with van der Waals surface area (Å²) < 4.78 is 0. The van der Waals surface area contributed by atoms with E-state index >= 15 is 0 Å². The number of hydrogen-bond donors (Lipinski definition) is 2. The van der Waals surface area contributed by atoms with E-state index in [1.54, 1.807) is 6.20 Å². The minimum atomic E-state index is -0.00984. The highest BCUT2D eigenvalue weighted by Gasteiger charge is 2.14. The van der Waals surface area contributed by atoms with Crippen LogP contribution in [0.3, 0.4) is 0 Å². The molecule has 3 nitrogen and oxygen atoms in total. The van der Waals surface area contributed by atoms with Crippen LogP contribution in [0.2, 0.25) is 0 Å². The second-order valence-electron chi connectivity index (χ2n) is 4.82. The molecule has 0 radical (unpaired) electrons. The van der Waals surface area contributed by atoms with E-state index in [0.717, 1.165) is 12.0 Å². The summed E-state index contributed by atoms with van der Waals surface area (Å²) in [6, 6.07) is 10.6. The first-order valence-electron chi connectivity index (χ1n) is 6.71. The zero-order valence-electron chi connectivity index (χ0n) is 11.6. The van der Waals surface area contributed by atoms with Crippen molar-refractivity contribution in [2.45, 2.75) is 32.7 Å². The van der Waals surface area contributed by atoms with Crippen molar-refractivity contribution >= 4 is 0 Å². The molecule has 1 aromatic carbocycles. The molecule has 0 bridgehead atoms. The molecule has 1 unspecified atom stereocenters. The van der Waals surface area contributed by atoms with Gasteiger partial charge in [0, 0.05) is 12.4 Å². The van der Waals surface area contributed by atoms with Gasteiger partial charge in [0.05, 0.1) is 6.04 Å². The summed E-state index contributed by atoms with van der Waals surface area (Å²) in [5.41, 5.74) is 7.73. The van der Waals surface area contributed by atoms with Crippen LogP contribution in [0, 0.1) is 6.92 Å². The van der Waals surface area contributed by atoms with E-state index in [-0.39, 0.29) is 6.04 Å². The third-order valence-corrected chi connectivity index (χ3v) is 3.41. The average molecular weight is 255 g/mol. The van der Waals surface area contributed by atoms with Gasteiger partial charge in [-0.1, -0.05) is 37.6 Å². The van der Waals surface area contributed by atoms with Crippen LogP contribution >= 0.6 is 0 Å². The van der Waals surface area contributed by atoms with Gasteiger partial charge in [-0.05, 0) is 41.7 Å². The lowest BCUT2D eigenvalue weighted by Gasteiger charge is -2.18. The molecule has 0 aliphatic carbocycles. The van der Waals surface area contributed by atoms with Crippen LogP contribution in [0.25, 0.3) is 0 Å². The minimum absolute atomic E-state index is 0.00984. The van der Waals surface area contributed by atoms with Gasteiger partial charge in [-0.25, -0.2) is 5.43 Å². The lowest BCUT2D eigenvalue weighted by Crippen LogP contribution is -2.29. The number of hydrazine groups is 1. The smallest absolute Gasteiger partial charge is 0.0727 e. The normalized spacial score (nSPS) is 12.4. The zero-order valence-corrected chi connectivity index (χ0v) is 11.6. The molecule has 0 saturated carbocycles. The van der Waals surface area contributed by atoms with Gasteiger partial charge >= 0.3 is 0 Å². The molecule has 0 aliphatic heterocycles. The van der Waals surface area contributed by atoms with E-state index < -0.39 is 0 Å². The van der Waals surface area contributed by atoms with E-state index in [0.29, 0.717) is 0 Å². The van der Waals surface area contributed by atoms with Crippen molar-refractivity contribution in [2.24, 2.45) is 5.84 Å². The SMILES string of the molecule is CCCc1ccc(C(NN)c2cnccc2C)cc1. The molecular formula is C16H21N3. The zero-order chi connectivity index (χ0) is 13.7. The summed E-state index contributed by atoms with van der Waals surface area (Å²) in [5, 5.41) is 0. The fraction of sp³-hybridized carbons (Fsp3) is 0.312. The summed E-state index contributed by atoms with van der Waals surface area (Å²) >= 11 is 0. The quantitative estimate of drug-likeness (QED) is 0.638. The Hall–Kier alpha value is -1.71. The molecule has 3 heteroatoms. The maximum atomic E-state index is 5.72. The summed E-state index contributed by atoms with van der Waals surface area (Å²) in [5.74, 6) is 5.72. The van der Waals surface area contributed by atoms with E-state index in [1.807, 2.05) is 12.3 Å². The fourth-order valence-corrected chi connectivity index (χ4v) is 2.31. The minimum Gasteiger partial charge on any atom is -0.271 e. The Morgan fingerprint density at radius 2 is 1.95 bits per heavy atom. The van der Waals surface area contributed by atoms with Crippen molar-refractivity contribution < 1.29 is 0 Å². The third-order valence-electron chi connectivity index (χ3n) is 3.41. The largest absolute Gasteiger partial charge is 0.271 e. The average Bonchev–Trinajstić information content (AvgIpc) is 2.44. The molecule has 1 aromatic heterocycles. The van der Waals surface area contributed by atoms with Gasteiger partial charge in [0.1, 0.15) is 0 Å². The van der Waals surface area contributed by atoms with Crippen LogP contribution in [0.5, 0.6) is 0 Å². The van der Waals surface area contributed by atoms with Crippen LogP contribution in [0.1, 0.15) is 41.6 Å². The molecule has 100 valence electrons. The van der Waals surface area contributed by atoms with Gasteiger partial charge < -0.3 is 0 Å². The van der Waals surface area contributed by atoms with Crippen molar-refractivity contribution in [2.75, 3.05) is 0 Å². The molecule has 0 aliphatic rings. The Balaban J connectivity index is 2.29. The van der Waals surface area contributed by atoms with Crippen LogP contribution in [-0.2, 0) is 6.42 Å². The molecule has 0 fully saturated rings. The maximum Gasteiger partial charge on any atom is 0.0727 e. The molecule has 0 spiro atoms. The summed E-state index contributed by atoms with van der Waals surface area (Å²) in [7, 11) is 0. The second kappa shape index (κ2) is 6.45. The Morgan fingerprint density at radius 3 is 2.53 bits per heavy atom. The molecule has 19 heavy (non-hydrogen) atoms. The van der Waals surface area contributed by atoms with Gasteiger partial charge in [-0.15, -0.1) is 0 Å². The summed E-state index contributed by atoms with van der Waals surface area (Å²) in [4.78, 5) is 4.19. The van der Waals surface area contributed by atoms with Crippen molar-refractivity contribution in [3.8, 4) is 0 Å². The predicted molar refractivity (Wildman–Crippen MR) is 78.6 cm³/mol. The summed E-state index contributed by atoms with van der Waals surface area (Å²) in [6.07, 6.45) is 5.96. The lowest BCUT2D eigenvalue weighted by atomic mass is 9.96. The third kappa shape index (κ3) is 3.19.